The second-order valence-corrected chi connectivity index (χ2v) is 8.45. The van der Waals surface area contributed by atoms with Crippen molar-refractivity contribution in [2.24, 2.45) is 0 Å². The molecule has 0 spiro atoms. The first-order valence-electron chi connectivity index (χ1n) is 12.0. The van der Waals surface area contributed by atoms with Crippen LogP contribution in [0.4, 0.5) is 0 Å². The lowest BCUT2D eigenvalue weighted by Crippen LogP contribution is -2.37. The molecule has 15 nitrogen and oxygen atoms in total. The first kappa shape index (κ1) is 29.9. The number of esters is 4. The molecule has 0 aromatic carbocycles. The van der Waals surface area contributed by atoms with Crippen molar-refractivity contribution < 1.29 is 38.1 Å². The Bertz CT molecular complexity index is 1190. The number of hydrogen-bond donors (Lipinski definition) is 0. The summed E-state index contributed by atoms with van der Waals surface area (Å²) in [4.78, 5) is 54.8. The van der Waals surface area contributed by atoms with Crippen LogP contribution in [0.15, 0.2) is 42.7 Å². The molecule has 0 saturated heterocycles. The van der Waals surface area contributed by atoms with Gasteiger partial charge in [-0.3, -0.25) is 38.3 Å². The van der Waals surface area contributed by atoms with E-state index in [1.54, 1.807) is 46.0 Å². The molecular formula is C25H31N7O8. The van der Waals surface area contributed by atoms with Crippen LogP contribution in [0.5, 0.6) is 0 Å². The van der Waals surface area contributed by atoms with Crippen molar-refractivity contribution >= 4 is 23.9 Å². The second-order valence-electron chi connectivity index (χ2n) is 8.45. The van der Waals surface area contributed by atoms with E-state index in [2.05, 4.69) is 15.2 Å². The van der Waals surface area contributed by atoms with Crippen molar-refractivity contribution in [2.75, 3.05) is 54.6 Å². The highest BCUT2D eigenvalue weighted by atomic mass is 16.5. The van der Waals surface area contributed by atoms with Gasteiger partial charge in [0.15, 0.2) is 0 Å². The molecule has 0 aliphatic heterocycles. The number of carbonyl (C=O) groups is 4. The molecule has 0 aliphatic rings. The van der Waals surface area contributed by atoms with Gasteiger partial charge in [0, 0.05) is 12.4 Å². The summed E-state index contributed by atoms with van der Waals surface area (Å²) >= 11 is 0. The van der Waals surface area contributed by atoms with Crippen LogP contribution in [-0.2, 0) is 51.5 Å². The van der Waals surface area contributed by atoms with Gasteiger partial charge >= 0.3 is 23.9 Å². The van der Waals surface area contributed by atoms with Gasteiger partial charge in [0.05, 0.1) is 79.3 Å². The molecule has 3 heterocycles. The van der Waals surface area contributed by atoms with Crippen LogP contribution in [0.2, 0.25) is 0 Å². The Hall–Kier alpha value is -4.63. The van der Waals surface area contributed by atoms with Crippen molar-refractivity contribution in [1.29, 1.82) is 0 Å². The minimum absolute atomic E-state index is 0.117. The van der Waals surface area contributed by atoms with Crippen LogP contribution >= 0.6 is 0 Å². The number of aromatic nitrogens is 5. The van der Waals surface area contributed by atoms with Crippen molar-refractivity contribution in [3.63, 3.8) is 0 Å². The van der Waals surface area contributed by atoms with E-state index in [-0.39, 0.29) is 39.5 Å². The van der Waals surface area contributed by atoms with E-state index in [0.717, 1.165) is 0 Å². The van der Waals surface area contributed by atoms with Gasteiger partial charge in [-0.05, 0) is 24.3 Å². The smallest absolute Gasteiger partial charge is 0.319 e. The maximum Gasteiger partial charge on any atom is 0.319 e. The van der Waals surface area contributed by atoms with Gasteiger partial charge in [-0.1, -0.05) is 6.07 Å². The number of rotatable bonds is 14. The molecule has 0 N–H and O–H groups in total. The molecule has 3 aromatic rings. The van der Waals surface area contributed by atoms with E-state index in [4.69, 9.17) is 18.9 Å². The van der Waals surface area contributed by atoms with Gasteiger partial charge in [0.25, 0.3) is 0 Å². The van der Waals surface area contributed by atoms with Crippen LogP contribution in [0, 0.1) is 0 Å². The van der Waals surface area contributed by atoms with Crippen LogP contribution in [0.25, 0.3) is 22.8 Å². The molecule has 0 radical (unpaired) electrons. The SMILES string of the molecule is COC(=O)CN(CC(=O)OC)Cn1ccc(-c2cccc(-c3ccn(CN(CC(=O)OC)CC(=O)OC)n3)n2)n1. The summed E-state index contributed by atoms with van der Waals surface area (Å²) < 4.78 is 22.0. The molecule has 0 atom stereocenters. The van der Waals surface area contributed by atoms with Gasteiger partial charge < -0.3 is 18.9 Å². The first-order chi connectivity index (χ1) is 19.2. The lowest BCUT2D eigenvalue weighted by Gasteiger charge is -2.19. The Morgan fingerprint density at radius 2 is 0.950 bits per heavy atom. The maximum absolute atomic E-state index is 11.8. The van der Waals surface area contributed by atoms with Crippen LogP contribution < -0.4 is 0 Å². The molecule has 0 saturated carbocycles. The zero-order chi connectivity index (χ0) is 29.1. The number of pyridine rings is 1. The van der Waals surface area contributed by atoms with E-state index in [1.165, 1.54) is 38.2 Å². The maximum atomic E-state index is 11.8. The van der Waals surface area contributed by atoms with Gasteiger partial charge in [-0.2, -0.15) is 10.2 Å². The summed E-state index contributed by atoms with van der Waals surface area (Å²) in [5.74, 6) is -1.99. The summed E-state index contributed by atoms with van der Waals surface area (Å²) in [6.07, 6.45) is 3.41. The monoisotopic (exact) mass is 557 g/mol. The Kier molecular flexibility index (Phi) is 10.8. The molecule has 0 aliphatic carbocycles. The number of carbonyl (C=O) groups excluding carboxylic acids is 4. The second kappa shape index (κ2) is 14.5. The van der Waals surface area contributed by atoms with Crippen LogP contribution in [0.1, 0.15) is 0 Å². The third kappa shape index (κ3) is 8.71. The fourth-order valence-electron chi connectivity index (χ4n) is 3.58. The Morgan fingerprint density at radius 1 is 0.600 bits per heavy atom. The summed E-state index contributed by atoms with van der Waals surface area (Å²) in [7, 11) is 5.08. The van der Waals surface area contributed by atoms with Gasteiger partial charge in [-0.25, -0.2) is 4.98 Å². The average Bonchev–Trinajstić information content (AvgIpc) is 3.62. The van der Waals surface area contributed by atoms with E-state index in [1.807, 2.05) is 6.07 Å². The average molecular weight is 558 g/mol. The quantitative estimate of drug-likeness (QED) is 0.193. The van der Waals surface area contributed by atoms with Gasteiger partial charge in [-0.15, -0.1) is 0 Å². The van der Waals surface area contributed by atoms with Crippen LogP contribution in [-0.4, -0.2) is 113 Å². The Balaban J connectivity index is 1.73. The fourth-order valence-corrected chi connectivity index (χ4v) is 3.58. The molecule has 40 heavy (non-hydrogen) atoms. The van der Waals surface area contributed by atoms with Gasteiger partial charge in [0.1, 0.15) is 11.4 Å². The highest BCUT2D eigenvalue weighted by Crippen LogP contribution is 2.20. The molecule has 15 heteroatoms. The molecule has 214 valence electrons. The van der Waals surface area contributed by atoms with E-state index < -0.39 is 23.9 Å². The molecule has 3 aromatic heterocycles. The summed E-state index contributed by atoms with van der Waals surface area (Å²) in [6, 6.07) is 8.93. The third-order valence-corrected chi connectivity index (χ3v) is 5.57. The summed E-state index contributed by atoms with van der Waals surface area (Å²) in [6.45, 7) is -0.187. The standard InChI is InChI=1S/C25H31N7O8/c1-37-22(33)12-29(13-23(34)38-2)16-31-10-8-20(27-31)18-6-5-7-19(26-18)21-9-11-32(28-21)17-30(14-24(35)39-3)15-25(36)40-4/h5-11H,12-17H2,1-4H3. The highest BCUT2D eigenvalue weighted by molar-refractivity contribution is 5.75. The molecule has 0 unspecified atom stereocenters. The summed E-state index contributed by atoms with van der Waals surface area (Å²) in [5.41, 5.74) is 2.30. The molecule has 0 bridgehead atoms. The number of hydrogen-bond acceptors (Lipinski definition) is 13. The van der Waals surface area contributed by atoms with Gasteiger partial charge in [0.2, 0.25) is 0 Å². The molecule has 3 rings (SSSR count). The normalized spacial score (nSPS) is 10.9. The van der Waals surface area contributed by atoms with Crippen molar-refractivity contribution in [3.8, 4) is 22.8 Å². The largest absolute Gasteiger partial charge is 0.468 e. The Labute approximate surface area is 230 Å². The first-order valence-corrected chi connectivity index (χ1v) is 12.0. The van der Waals surface area contributed by atoms with Crippen LogP contribution in [0.3, 0.4) is 0 Å². The summed E-state index contributed by atoms with van der Waals surface area (Å²) in [5, 5.41) is 9.05. The van der Waals surface area contributed by atoms with Crippen molar-refractivity contribution in [2.45, 2.75) is 13.3 Å². The highest BCUT2D eigenvalue weighted by Gasteiger charge is 2.18. The zero-order valence-corrected chi connectivity index (χ0v) is 22.7. The van der Waals surface area contributed by atoms with E-state index >= 15 is 0 Å². The van der Waals surface area contributed by atoms with E-state index in [9.17, 15) is 19.2 Å². The third-order valence-electron chi connectivity index (χ3n) is 5.57. The van der Waals surface area contributed by atoms with Crippen molar-refractivity contribution in [3.05, 3.63) is 42.7 Å². The predicted octanol–water partition coefficient (Wildman–Crippen LogP) is 0.0196. The lowest BCUT2D eigenvalue weighted by atomic mass is 10.2. The lowest BCUT2D eigenvalue weighted by molar-refractivity contribution is -0.148. The molecule has 0 fully saturated rings. The predicted molar refractivity (Wildman–Crippen MR) is 138 cm³/mol. The zero-order valence-electron chi connectivity index (χ0n) is 22.7. The topological polar surface area (TPSA) is 160 Å². The number of methoxy groups -OCH3 is 4. The fraction of sp³-hybridized carbons (Fsp3) is 0.400. The number of nitrogens with zero attached hydrogens (tertiary/aromatic N) is 7. The molecule has 0 amide bonds. The molecular weight excluding hydrogens is 526 g/mol. The number of ether oxygens (including phenoxy) is 4. The minimum Gasteiger partial charge on any atom is -0.468 e. The minimum atomic E-state index is -0.496. The van der Waals surface area contributed by atoms with Crippen molar-refractivity contribution in [1.82, 2.24) is 34.3 Å². The van der Waals surface area contributed by atoms with E-state index in [0.29, 0.717) is 22.8 Å². The Morgan fingerprint density at radius 3 is 1.27 bits per heavy atom.